The first-order valence-corrected chi connectivity index (χ1v) is 6.64. The largest absolute Gasteiger partial charge is 0.289 e. The van der Waals surface area contributed by atoms with Crippen molar-refractivity contribution in [3.05, 3.63) is 70.8 Å². The summed E-state index contributed by atoms with van der Waals surface area (Å²) in [5.74, 6) is 2.57. The number of rotatable bonds is 2. The lowest BCUT2D eigenvalue weighted by atomic mass is 9.86. The zero-order valence-electron chi connectivity index (χ0n) is 12.1. The molecule has 0 saturated carbocycles. The van der Waals surface area contributed by atoms with E-state index in [4.69, 9.17) is 6.42 Å². The third kappa shape index (κ3) is 2.97. The lowest BCUT2D eigenvalue weighted by Gasteiger charge is -2.19. The lowest BCUT2D eigenvalue weighted by molar-refractivity contribution is 0.103. The van der Waals surface area contributed by atoms with Gasteiger partial charge in [0.2, 0.25) is 0 Å². The fourth-order valence-electron chi connectivity index (χ4n) is 2.01. The van der Waals surface area contributed by atoms with E-state index in [0.717, 1.165) is 5.56 Å². The molecule has 1 nitrogen and oxygen atoms in total. The van der Waals surface area contributed by atoms with Gasteiger partial charge in [-0.1, -0.05) is 51.0 Å². The minimum absolute atomic E-state index is 0.0223. The Labute approximate surface area is 120 Å². The van der Waals surface area contributed by atoms with Crippen molar-refractivity contribution in [3.63, 3.8) is 0 Å². The van der Waals surface area contributed by atoms with E-state index in [9.17, 15) is 4.79 Å². The molecule has 0 aliphatic rings. The van der Waals surface area contributed by atoms with Crippen molar-refractivity contribution in [2.24, 2.45) is 0 Å². The summed E-state index contributed by atoms with van der Waals surface area (Å²) in [5.41, 5.74) is 3.45. The molecular formula is C19H18O. The Morgan fingerprint density at radius 1 is 0.900 bits per heavy atom. The average molecular weight is 262 g/mol. The molecule has 0 bridgehead atoms. The van der Waals surface area contributed by atoms with Crippen LogP contribution in [0.15, 0.2) is 48.5 Å². The van der Waals surface area contributed by atoms with Crippen molar-refractivity contribution >= 4 is 5.78 Å². The topological polar surface area (TPSA) is 17.1 Å². The molecule has 0 amide bonds. The normalized spacial score (nSPS) is 10.9. The number of carbonyl (C=O) groups excluding carboxylic acids is 1. The molecule has 1 heteroatoms. The van der Waals surface area contributed by atoms with Crippen molar-refractivity contribution in [2.45, 2.75) is 26.2 Å². The molecule has 0 aromatic heterocycles. The second-order valence-electron chi connectivity index (χ2n) is 5.88. The van der Waals surface area contributed by atoms with Crippen LogP contribution < -0.4 is 0 Å². The number of ketones is 1. The highest BCUT2D eigenvalue weighted by molar-refractivity contribution is 6.09. The Balaban J connectivity index is 2.27. The highest BCUT2D eigenvalue weighted by Gasteiger charge is 2.14. The van der Waals surface area contributed by atoms with Crippen LogP contribution in [0.5, 0.6) is 0 Å². The highest BCUT2D eigenvalue weighted by Crippen LogP contribution is 2.23. The van der Waals surface area contributed by atoms with Crippen molar-refractivity contribution in [1.82, 2.24) is 0 Å². The summed E-state index contributed by atoms with van der Waals surface area (Å²) < 4.78 is 0. The molecule has 0 spiro atoms. The lowest BCUT2D eigenvalue weighted by Crippen LogP contribution is -2.11. The van der Waals surface area contributed by atoms with Gasteiger partial charge in [0.25, 0.3) is 0 Å². The van der Waals surface area contributed by atoms with Gasteiger partial charge in [0.1, 0.15) is 0 Å². The second kappa shape index (κ2) is 5.35. The van der Waals surface area contributed by atoms with Crippen LogP contribution in [-0.2, 0) is 5.41 Å². The number of hydrogen-bond donors (Lipinski definition) is 0. The number of benzene rings is 2. The van der Waals surface area contributed by atoms with Crippen LogP contribution >= 0.6 is 0 Å². The first kappa shape index (κ1) is 14.1. The number of carbonyl (C=O) groups is 1. The van der Waals surface area contributed by atoms with E-state index in [-0.39, 0.29) is 11.2 Å². The molecule has 0 unspecified atom stereocenters. The summed E-state index contributed by atoms with van der Waals surface area (Å²) in [6.45, 7) is 6.47. The van der Waals surface area contributed by atoms with Crippen LogP contribution in [0.4, 0.5) is 0 Å². The molecule has 20 heavy (non-hydrogen) atoms. The van der Waals surface area contributed by atoms with Crippen LogP contribution in [-0.4, -0.2) is 5.78 Å². The molecule has 0 aliphatic carbocycles. The molecule has 100 valence electrons. The van der Waals surface area contributed by atoms with Gasteiger partial charge in [-0.3, -0.25) is 4.79 Å². The van der Waals surface area contributed by atoms with Gasteiger partial charge >= 0.3 is 0 Å². The highest BCUT2D eigenvalue weighted by atomic mass is 16.1. The molecule has 0 fully saturated rings. The second-order valence-corrected chi connectivity index (χ2v) is 5.88. The molecule has 2 rings (SSSR count). The zero-order valence-corrected chi connectivity index (χ0v) is 12.1. The fraction of sp³-hybridized carbons (Fsp3) is 0.211. The molecule has 0 aliphatic heterocycles. The van der Waals surface area contributed by atoms with Crippen molar-refractivity contribution in [3.8, 4) is 12.3 Å². The Hall–Kier alpha value is -2.33. The molecular weight excluding hydrogens is 244 g/mol. The number of terminal acetylenes is 1. The van der Waals surface area contributed by atoms with Crippen LogP contribution in [0, 0.1) is 12.3 Å². The Kier molecular flexibility index (Phi) is 3.77. The molecule has 0 N–H and O–H groups in total. The standard InChI is InChI=1S/C19H18O/c1-5-14-6-8-15(9-7-14)18(20)16-10-12-17(13-11-16)19(2,3)4/h1,6-13H,2-4H3. The van der Waals surface area contributed by atoms with Crippen molar-refractivity contribution in [2.75, 3.05) is 0 Å². The molecule has 2 aromatic rings. The third-order valence-electron chi connectivity index (χ3n) is 3.33. The maximum Gasteiger partial charge on any atom is 0.193 e. The van der Waals surface area contributed by atoms with Crippen LogP contribution in [0.25, 0.3) is 0 Å². The monoisotopic (exact) mass is 262 g/mol. The van der Waals surface area contributed by atoms with E-state index in [1.165, 1.54) is 5.56 Å². The SMILES string of the molecule is C#Cc1ccc(C(=O)c2ccc(C(C)(C)C)cc2)cc1. The molecule has 0 radical (unpaired) electrons. The maximum atomic E-state index is 12.4. The first-order valence-electron chi connectivity index (χ1n) is 6.64. The molecule has 0 heterocycles. The van der Waals surface area contributed by atoms with Gasteiger partial charge in [0.05, 0.1) is 0 Å². The summed E-state index contributed by atoms with van der Waals surface area (Å²) in [6.07, 6.45) is 5.31. The predicted molar refractivity (Wildman–Crippen MR) is 83.0 cm³/mol. The maximum absolute atomic E-state index is 12.4. The quantitative estimate of drug-likeness (QED) is 0.585. The van der Waals surface area contributed by atoms with Gasteiger partial charge in [-0.25, -0.2) is 0 Å². The van der Waals surface area contributed by atoms with Gasteiger partial charge in [0.15, 0.2) is 5.78 Å². The molecule has 2 aromatic carbocycles. The summed E-state index contributed by atoms with van der Waals surface area (Å²) in [4.78, 5) is 12.4. The van der Waals surface area contributed by atoms with Gasteiger partial charge in [-0.05, 0) is 35.2 Å². The minimum atomic E-state index is 0.0223. The average Bonchev–Trinajstić information content (AvgIpc) is 2.46. The predicted octanol–water partition coefficient (Wildman–Crippen LogP) is 4.20. The summed E-state index contributed by atoms with van der Waals surface area (Å²) in [6, 6.07) is 14.9. The Morgan fingerprint density at radius 2 is 1.35 bits per heavy atom. The van der Waals surface area contributed by atoms with Crippen LogP contribution in [0.1, 0.15) is 47.8 Å². The fourth-order valence-corrected chi connectivity index (χ4v) is 2.01. The van der Waals surface area contributed by atoms with Gasteiger partial charge in [-0.2, -0.15) is 0 Å². The van der Waals surface area contributed by atoms with Crippen LogP contribution in [0.2, 0.25) is 0 Å². The zero-order chi connectivity index (χ0) is 14.8. The molecule has 0 atom stereocenters. The van der Waals surface area contributed by atoms with E-state index < -0.39 is 0 Å². The minimum Gasteiger partial charge on any atom is -0.289 e. The van der Waals surface area contributed by atoms with Gasteiger partial charge < -0.3 is 0 Å². The van der Waals surface area contributed by atoms with E-state index in [1.54, 1.807) is 24.3 Å². The Bertz CT molecular complexity index is 647. The summed E-state index contributed by atoms with van der Waals surface area (Å²) in [7, 11) is 0. The van der Waals surface area contributed by atoms with Crippen molar-refractivity contribution < 1.29 is 4.79 Å². The number of hydrogen-bond acceptors (Lipinski definition) is 1. The first-order chi connectivity index (χ1) is 9.41. The Morgan fingerprint density at radius 3 is 1.75 bits per heavy atom. The van der Waals surface area contributed by atoms with Crippen LogP contribution in [0.3, 0.4) is 0 Å². The van der Waals surface area contributed by atoms with E-state index in [0.29, 0.717) is 11.1 Å². The van der Waals surface area contributed by atoms with E-state index in [1.807, 2.05) is 24.3 Å². The summed E-state index contributed by atoms with van der Waals surface area (Å²) in [5, 5.41) is 0. The smallest absolute Gasteiger partial charge is 0.193 e. The van der Waals surface area contributed by atoms with Crippen molar-refractivity contribution in [1.29, 1.82) is 0 Å². The third-order valence-corrected chi connectivity index (χ3v) is 3.33. The molecule has 0 saturated heterocycles. The van der Waals surface area contributed by atoms with E-state index in [2.05, 4.69) is 26.7 Å². The van der Waals surface area contributed by atoms with Gasteiger partial charge in [-0.15, -0.1) is 6.42 Å². The van der Waals surface area contributed by atoms with E-state index >= 15 is 0 Å². The summed E-state index contributed by atoms with van der Waals surface area (Å²) >= 11 is 0. The van der Waals surface area contributed by atoms with Gasteiger partial charge in [0, 0.05) is 16.7 Å².